The molecule has 2 heterocycles. The molecule has 0 aliphatic carbocycles. The molecule has 16 heavy (non-hydrogen) atoms. The van der Waals surface area contributed by atoms with Gasteiger partial charge in [0, 0.05) is 11.0 Å². The van der Waals surface area contributed by atoms with Crippen molar-refractivity contribution in [3.63, 3.8) is 0 Å². The van der Waals surface area contributed by atoms with E-state index in [2.05, 4.69) is 0 Å². The minimum absolute atomic E-state index is 0.221. The van der Waals surface area contributed by atoms with Crippen molar-refractivity contribution in [3.05, 3.63) is 23.5 Å². The molecule has 3 nitrogen and oxygen atoms in total. The van der Waals surface area contributed by atoms with E-state index in [0.29, 0.717) is 24.5 Å². The lowest BCUT2D eigenvalue weighted by Gasteiger charge is -2.12. The molecule has 0 saturated heterocycles. The largest absolute Gasteiger partial charge is 0.498 e. The minimum atomic E-state index is -0.465. The van der Waals surface area contributed by atoms with Crippen LogP contribution in [0.2, 0.25) is 0 Å². The first-order chi connectivity index (χ1) is 7.81. The van der Waals surface area contributed by atoms with Crippen LogP contribution < -0.4 is 10.2 Å². The minimum Gasteiger partial charge on any atom is -0.492 e. The van der Waals surface area contributed by atoms with Crippen LogP contribution in [0.15, 0.2) is 12.1 Å². The third-order valence-electron chi connectivity index (χ3n) is 3.02. The molecular formula is C11H12BFO3. The van der Waals surface area contributed by atoms with Crippen molar-refractivity contribution in [2.24, 2.45) is 0 Å². The summed E-state index contributed by atoms with van der Waals surface area (Å²) < 4.78 is 30.5. The summed E-state index contributed by atoms with van der Waals surface area (Å²) in [6.45, 7) is 2.92. The summed E-state index contributed by atoms with van der Waals surface area (Å²) in [6.07, 6.45) is 0.509. The molecule has 0 bridgehead atoms. The number of rotatable bonds is 1. The summed E-state index contributed by atoms with van der Waals surface area (Å²) in [4.78, 5) is 0. The summed E-state index contributed by atoms with van der Waals surface area (Å²) >= 11 is 0. The van der Waals surface area contributed by atoms with E-state index in [1.165, 1.54) is 6.07 Å². The highest BCUT2D eigenvalue weighted by Crippen LogP contribution is 2.33. The van der Waals surface area contributed by atoms with Crippen LogP contribution in [0.5, 0.6) is 5.75 Å². The van der Waals surface area contributed by atoms with Crippen LogP contribution in [0.4, 0.5) is 4.39 Å². The molecule has 0 radical (unpaired) electrons. The average Bonchev–Trinajstić information content (AvgIpc) is 2.55. The lowest BCUT2D eigenvalue weighted by molar-refractivity contribution is 0.139. The van der Waals surface area contributed by atoms with E-state index in [-0.39, 0.29) is 11.9 Å². The zero-order chi connectivity index (χ0) is 11.1. The molecule has 0 saturated carbocycles. The molecule has 0 amide bonds. The van der Waals surface area contributed by atoms with E-state index < -0.39 is 7.12 Å². The Morgan fingerprint density at radius 3 is 3.12 bits per heavy atom. The maximum atomic E-state index is 13.8. The number of ether oxygens (including phenoxy) is 1. The lowest BCUT2D eigenvalue weighted by atomic mass is 9.77. The smallest absolute Gasteiger partial charge is 0.492 e. The molecule has 1 atom stereocenters. The van der Waals surface area contributed by atoms with Crippen LogP contribution in [0, 0.1) is 5.82 Å². The summed E-state index contributed by atoms with van der Waals surface area (Å²) in [5, 5.41) is 0. The first kappa shape index (κ1) is 10.1. The topological polar surface area (TPSA) is 27.7 Å². The van der Waals surface area contributed by atoms with Gasteiger partial charge < -0.3 is 14.0 Å². The average molecular weight is 222 g/mol. The molecular weight excluding hydrogens is 210 g/mol. The molecule has 0 fully saturated rings. The van der Waals surface area contributed by atoms with Gasteiger partial charge in [-0.15, -0.1) is 0 Å². The lowest BCUT2D eigenvalue weighted by Crippen LogP contribution is -2.31. The van der Waals surface area contributed by atoms with Gasteiger partial charge in [-0.05, 0) is 18.6 Å². The van der Waals surface area contributed by atoms with Gasteiger partial charge in [-0.3, -0.25) is 0 Å². The summed E-state index contributed by atoms with van der Waals surface area (Å²) in [5.41, 5.74) is 1.34. The van der Waals surface area contributed by atoms with E-state index in [9.17, 15) is 4.39 Å². The number of benzene rings is 1. The second kappa shape index (κ2) is 3.75. The van der Waals surface area contributed by atoms with Crippen LogP contribution in [-0.2, 0) is 9.31 Å². The Morgan fingerprint density at radius 1 is 1.44 bits per heavy atom. The number of hydrogen-bond acceptors (Lipinski definition) is 3. The molecule has 3 rings (SSSR count). The molecule has 2 aliphatic heterocycles. The van der Waals surface area contributed by atoms with Crippen molar-refractivity contribution in [3.8, 4) is 5.75 Å². The quantitative estimate of drug-likeness (QED) is 0.672. The fourth-order valence-corrected chi connectivity index (χ4v) is 2.30. The van der Waals surface area contributed by atoms with Crippen LogP contribution >= 0.6 is 0 Å². The summed E-state index contributed by atoms with van der Waals surface area (Å²) in [5.74, 6) is 0.456. The first-order valence-corrected chi connectivity index (χ1v) is 5.53. The van der Waals surface area contributed by atoms with Crippen molar-refractivity contribution in [2.45, 2.75) is 19.4 Å². The van der Waals surface area contributed by atoms with Gasteiger partial charge in [0.1, 0.15) is 18.2 Å². The van der Waals surface area contributed by atoms with Gasteiger partial charge in [0.2, 0.25) is 0 Å². The summed E-state index contributed by atoms with van der Waals surface area (Å²) in [7, 11) is -0.465. The van der Waals surface area contributed by atoms with Gasteiger partial charge in [-0.2, -0.15) is 0 Å². The molecule has 0 unspecified atom stereocenters. The van der Waals surface area contributed by atoms with Crippen LogP contribution in [-0.4, -0.2) is 20.3 Å². The third-order valence-corrected chi connectivity index (χ3v) is 3.02. The Balaban J connectivity index is 2.17. The monoisotopic (exact) mass is 222 g/mol. The third kappa shape index (κ3) is 1.35. The highest BCUT2D eigenvalue weighted by atomic mass is 19.1. The second-order valence-electron chi connectivity index (χ2n) is 3.96. The van der Waals surface area contributed by atoms with Gasteiger partial charge in [-0.25, -0.2) is 4.39 Å². The van der Waals surface area contributed by atoms with E-state index in [1.807, 2.05) is 6.92 Å². The second-order valence-corrected chi connectivity index (χ2v) is 3.96. The van der Waals surface area contributed by atoms with E-state index in [4.69, 9.17) is 14.0 Å². The Labute approximate surface area is 93.6 Å². The Kier molecular flexibility index (Phi) is 2.37. The van der Waals surface area contributed by atoms with Gasteiger partial charge in [-0.1, -0.05) is 6.92 Å². The van der Waals surface area contributed by atoms with Gasteiger partial charge >= 0.3 is 7.12 Å². The van der Waals surface area contributed by atoms with Crippen molar-refractivity contribution in [1.29, 1.82) is 0 Å². The van der Waals surface area contributed by atoms with E-state index >= 15 is 0 Å². The van der Waals surface area contributed by atoms with Crippen LogP contribution in [0.1, 0.15) is 25.0 Å². The van der Waals surface area contributed by atoms with Crippen LogP contribution in [0.25, 0.3) is 0 Å². The fraction of sp³-hybridized carbons (Fsp3) is 0.455. The zero-order valence-corrected chi connectivity index (χ0v) is 9.03. The first-order valence-electron chi connectivity index (χ1n) is 5.53. The summed E-state index contributed by atoms with van der Waals surface area (Å²) in [6, 6.07) is 3.09. The zero-order valence-electron chi connectivity index (χ0n) is 9.03. The van der Waals surface area contributed by atoms with Gasteiger partial charge in [0.05, 0.1) is 12.7 Å². The molecule has 84 valence electrons. The maximum Gasteiger partial charge on any atom is 0.498 e. The number of halogens is 1. The molecule has 0 N–H and O–H groups in total. The van der Waals surface area contributed by atoms with Crippen molar-refractivity contribution in [2.75, 3.05) is 13.2 Å². The molecule has 0 aromatic heterocycles. The molecule has 1 aromatic carbocycles. The van der Waals surface area contributed by atoms with E-state index in [1.54, 1.807) is 6.07 Å². The van der Waals surface area contributed by atoms with Crippen molar-refractivity contribution < 1.29 is 18.4 Å². The van der Waals surface area contributed by atoms with Gasteiger partial charge in [0.15, 0.2) is 0 Å². The van der Waals surface area contributed by atoms with Crippen molar-refractivity contribution >= 4 is 12.6 Å². The highest BCUT2D eigenvalue weighted by molar-refractivity contribution is 6.64. The number of hydrogen-bond donors (Lipinski definition) is 0. The predicted octanol–water partition coefficient (Wildman–Crippen LogP) is 1.41. The SMILES string of the molecule is CC[C@H]1OB2OCCOc3ccc(F)c1c32. The molecule has 5 heteroatoms. The normalized spacial score (nSPS) is 22.6. The fourth-order valence-electron chi connectivity index (χ4n) is 2.30. The standard InChI is InChI=1S/C11H12BFO3/c1-2-8-10-7(13)3-4-9-11(10)12(16-8)15-6-5-14-9/h3-4,8H,2,5-6H2,1H3/t8-/m1/s1. The Bertz CT molecular complexity index is 424. The molecule has 1 aromatic rings. The van der Waals surface area contributed by atoms with Gasteiger partial charge in [0.25, 0.3) is 0 Å². The molecule has 0 spiro atoms. The Hall–Kier alpha value is -1.07. The van der Waals surface area contributed by atoms with Crippen molar-refractivity contribution in [1.82, 2.24) is 0 Å². The maximum absolute atomic E-state index is 13.8. The highest BCUT2D eigenvalue weighted by Gasteiger charge is 2.42. The van der Waals surface area contributed by atoms with Crippen LogP contribution in [0.3, 0.4) is 0 Å². The Morgan fingerprint density at radius 2 is 2.31 bits per heavy atom. The van der Waals surface area contributed by atoms with E-state index in [0.717, 1.165) is 11.9 Å². The molecule has 2 aliphatic rings. The predicted molar refractivity (Wildman–Crippen MR) is 57.4 cm³/mol.